The molecule has 1 saturated heterocycles. The van der Waals surface area contributed by atoms with Gasteiger partial charge in [-0.3, -0.25) is 4.90 Å². The predicted octanol–water partition coefficient (Wildman–Crippen LogP) is 0.336. The maximum absolute atomic E-state index is 12.6. The second kappa shape index (κ2) is 4.83. The molecule has 0 unspecified atom stereocenters. The number of alkyl halides is 2. The predicted molar refractivity (Wildman–Crippen MR) is 43.9 cm³/mol. The molecule has 1 aliphatic heterocycles. The molecule has 1 heterocycles. The molecule has 0 radical (unpaired) electrons. The highest BCUT2D eigenvalue weighted by Gasteiger charge is 2.37. The summed E-state index contributed by atoms with van der Waals surface area (Å²) in [4.78, 5) is 1.68. The number of ether oxygens (including phenoxy) is 1. The van der Waals surface area contributed by atoms with Crippen LogP contribution in [0.2, 0.25) is 0 Å². The van der Waals surface area contributed by atoms with Gasteiger partial charge in [0.05, 0.1) is 26.4 Å². The van der Waals surface area contributed by atoms with E-state index in [1.54, 1.807) is 4.90 Å². The number of likely N-dealkylation sites (tertiary alicyclic amines) is 1. The van der Waals surface area contributed by atoms with Crippen molar-refractivity contribution in [2.75, 3.05) is 39.5 Å². The molecule has 0 aliphatic carbocycles. The number of hydrogen-bond acceptors (Lipinski definition) is 3. The number of aliphatic hydroxyl groups excluding tert-OH is 1. The van der Waals surface area contributed by atoms with Crippen molar-refractivity contribution in [3.63, 3.8) is 0 Å². The highest BCUT2D eigenvalue weighted by Crippen LogP contribution is 2.26. The zero-order valence-electron chi connectivity index (χ0n) is 7.51. The van der Waals surface area contributed by atoms with Crippen LogP contribution in [-0.4, -0.2) is 55.4 Å². The van der Waals surface area contributed by atoms with E-state index in [1.807, 2.05) is 0 Å². The summed E-state index contributed by atoms with van der Waals surface area (Å²) >= 11 is 0. The lowest BCUT2D eigenvalue weighted by Gasteiger charge is -2.14. The van der Waals surface area contributed by atoms with Gasteiger partial charge >= 0.3 is 0 Å². The van der Waals surface area contributed by atoms with E-state index >= 15 is 0 Å². The van der Waals surface area contributed by atoms with E-state index in [0.29, 0.717) is 19.7 Å². The summed E-state index contributed by atoms with van der Waals surface area (Å²) in [6.45, 7) is 1.48. The minimum atomic E-state index is -2.52. The van der Waals surface area contributed by atoms with E-state index in [9.17, 15) is 8.78 Å². The minimum Gasteiger partial charge on any atom is -0.394 e. The molecule has 0 saturated carbocycles. The van der Waals surface area contributed by atoms with Gasteiger partial charge in [0.2, 0.25) is 0 Å². The van der Waals surface area contributed by atoms with Crippen molar-refractivity contribution >= 4 is 0 Å². The van der Waals surface area contributed by atoms with Gasteiger partial charge in [-0.25, -0.2) is 8.78 Å². The van der Waals surface area contributed by atoms with E-state index in [-0.39, 0.29) is 26.2 Å². The first-order valence-corrected chi connectivity index (χ1v) is 4.43. The van der Waals surface area contributed by atoms with Gasteiger partial charge < -0.3 is 9.84 Å². The summed E-state index contributed by atoms with van der Waals surface area (Å²) in [5.74, 6) is -2.52. The van der Waals surface area contributed by atoms with Crippen molar-refractivity contribution < 1.29 is 18.6 Å². The molecule has 1 N–H and O–H groups in total. The fraction of sp³-hybridized carbons (Fsp3) is 1.00. The van der Waals surface area contributed by atoms with Crippen LogP contribution >= 0.6 is 0 Å². The third-order valence-electron chi connectivity index (χ3n) is 2.04. The highest BCUT2D eigenvalue weighted by atomic mass is 19.3. The van der Waals surface area contributed by atoms with Crippen LogP contribution in [0.15, 0.2) is 0 Å². The van der Waals surface area contributed by atoms with Crippen molar-refractivity contribution in [2.24, 2.45) is 0 Å². The highest BCUT2D eigenvalue weighted by molar-refractivity contribution is 4.81. The maximum atomic E-state index is 12.6. The van der Waals surface area contributed by atoms with Crippen LogP contribution < -0.4 is 0 Å². The van der Waals surface area contributed by atoms with E-state index in [2.05, 4.69) is 0 Å². The number of hydrogen-bond donors (Lipinski definition) is 1. The second-order valence-corrected chi connectivity index (χ2v) is 3.22. The van der Waals surface area contributed by atoms with Gasteiger partial charge in [0.15, 0.2) is 0 Å². The van der Waals surface area contributed by atoms with Crippen molar-refractivity contribution in [1.82, 2.24) is 4.90 Å². The quantitative estimate of drug-likeness (QED) is 0.642. The molecule has 0 aromatic rings. The summed E-state index contributed by atoms with van der Waals surface area (Å²) in [7, 11) is 0. The number of halogens is 2. The van der Waals surface area contributed by atoms with Crippen molar-refractivity contribution in [2.45, 2.75) is 12.3 Å². The molecule has 1 aliphatic rings. The van der Waals surface area contributed by atoms with E-state index in [1.165, 1.54) is 0 Å². The van der Waals surface area contributed by atoms with E-state index < -0.39 is 5.92 Å². The lowest BCUT2D eigenvalue weighted by atomic mass is 10.3. The number of rotatable bonds is 5. The second-order valence-electron chi connectivity index (χ2n) is 3.22. The largest absolute Gasteiger partial charge is 0.394 e. The molecule has 3 nitrogen and oxygen atoms in total. The molecule has 0 spiro atoms. The maximum Gasteiger partial charge on any atom is 0.261 e. The Morgan fingerprint density at radius 3 is 2.69 bits per heavy atom. The first-order valence-electron chi connectivity index (χ1n) is 4.43. The van der Waals surface area contributed by atoms with Crippen LogP contribution in [0.3, 0.4) is 0 Å². The molecule has 1 fully saturated rings. The summed E-state index contributed by atoms with van der Waals surface area (Å²) in [5, 5.41) is 8.38. The first kappa shape index (κ1) is 10.8. The average Bonchev–Trinajstić information content (AvgIpc) is 2.40. The smallest absolute Gasteiger partial charge is 0.261 e. The SMILES string of the molecule is OCCOCCN1CCC(F)(F)C1. The first-order chi connectivity index (χ1) is 6.14. The summed E-state index contributed by atoms with van der Waals surface area (Å²) in [5.41, 5.74) is 0. The zero-order valence-corrected chi connectivity index (χ0v) is 7.51. The monoisotopic (exact) mass is 195 g/mol. The van der Waals surface area contributed by atoms with Gasteiger partial charge in [-0.1, -0.05) is 0 Å². The number of aliphatic hydroxyl groups is 1. The Hall–Kier alpha value is -0.260. The van der Waals surface area contributed by atoms with Gasteiger partial charge in [-0.15, -0.1) is 0 Å². The Morgan fingerprint density at radius 1 is 1.38 bits per heavy atom. The van der Waals surface area contributed by atoms with Crippen molar-refractivity contribution in [3.05, 3.63) is 0 Å². The Labute approximate surface area is 76.3 Å². The van der Waals surface area contributed by atoms with Gasteiger partial charge in [0.25, 0.3) is 5.92 Å². The minimum absolute atomic E-state index is 0.0177. The third-order valence-corrected chi connectivity index (χ3v) is 2.04. The summed E-state index contributed by atoms with van der Waals surface area (Å²) in [6, 6.07) is 0. The van der Waals surface area contributed by atoms with Crippen LogP contribution in [0.4, 0.5) is 8.78 Å². The van der Waals surface area contributed by atoms with E-state index in [0.717, 1.165) is 0 Å². The molecule has 0 aromatic heterocycles. The normalized spacial score (nSPS) is 22.4. The van der Waals surface area contributed by atoms with Gasteiger partial charge in [-0.05, 0) is 0 Å². The molecule has 0 amide bonds. The lowest BCUT2D eigenvalue weighted by molar-refractivity contribution is 0.00795. The van der Waals surface area contributed by atoms with Crippen LogP contribution in [-0.2, 0) is 4.74 Å². The molecule has 0 bridgehead atoms. The zero-order chi connectivity index (χ0) is 9.73. The fourth-order valence-electron chi connectivity index (χ4n) is 1.36. The number of nitrogens with zero attached hydrogens (tertiary/aromatic N) is 1. The summed E-state index contributed by atoms with van der Waals surface area (Å²) in [6.07, 6.45) is -0.0486. The van der Waals surface area contributed by atoms with Gasteiger partial charge in [0.1, 0.15) is 0 Å². The van der Waals surface area contributed by atoms with Gasteiger partial charge in [0, 0.05) is 19.5 Å². The van der Waals surface area contributed by atoms with E-state index in [4.69, 9.17) is 9.84 Å². The molecule has 1 rings (SSSR count). The van der Waals surface area contributed by atoms with Gasteiger partial charge in [-0.2, -0.15) is 0 Å². The Morgan fingerprint density at radius 2 is 2.15 bits per heavy atom. The van der Waals surface area contributed by atoms with Crippen molar-refractivity contribution in [1.29, 1.82) is 0 Å². The van der Waals surface area contributed by atoms with Crippen LogP contribution in [0.5, 0.6) is 0 Å². The lowest BCUT2D eigenvalue weighted by Crippen LogP contribution is -2.28. The molecule has 13 heavy (non-hydrogen) atoms. The van der Waals surface area contributed by atoms with Crippen LogP contribution in [0.25, 0.3) is 0 Å². The molecule has 0 atom stereocenters. The molecular formula is C8H15F2NO2. The molecule has 78 valence electrons. The average molecular weight is 195 g/mol. The topological polar surface area (TPSA) is 32.7 Å². The Balaban J connectivity index is 2.04. The Bertz CT molecular complexity index is 155. The third kappa shape index (κ3) is 3.97. The summed E-state index contributed by atoms with van der Waals surface area (Å²) < 4.78 is 30.3. The molecule has 0 aromatic carbocycles. The fourth-order valence-corrected chi connectivity index (χ4v) is 1.36. The van der Waals surface area contributed by atoms with Crippen LogP contribution in [0, 0.1) is 0 Å². The molecular weight excluding hydrogens is 180 g/mol. The standard InChI is InChI=1S/C8H15F2NO2/c9-8(10)1-2-11(7-8)3-5-13-6-4-12/h12H,1-7H2. The van der Waals surface area contributed by atoms with Crippen LogP contribution in [0.1, 0.15) is 6.42 Å². The Kier molecular flexibility index (Phi) is 4.02. The molecule has 5 heteroatoms. The van der Waals surface area contributed by atoms with Crippen molar-refractivity contribution in [3.8, 4) is 0 Å².